The normalized spacial score (nSPS) is 12.8. The van der Waals surface area contributed by atoms with Gasteiger partial charge in [0.15, 0.2) is 0 Å². The van der Waals surface area contributed by atoms with Crippen molar-refractivity contribution in [2.45, 2.75) is 33.1 Å². The molecule has 2 nitrogen and oxygen atoms in total. The van der Waals surface area contributed by atoms with Crippen molar-refractivity contribution in [3.8, 4) is 0 Å². The summed E-state index contributed by atoms with van der Waals surface area (Å²) in [6.45, 7) is 4.50. The third-order valence-electron chi connectivity index (χ3n) is 2.21. The van der Waals surface area contributed by atoms with Gasteiger partial charge in [0.25, 0.3) is 0 Å². The lowest BCUT2D eigenvalue weighted by atomic mass is 9.98. The Morgan fingerprint density at radius 3 is 2.92 bits per heavy atom. The van der Waals surface area contributed by atoms with Crippen LogP contribution in [0.3, 0.4) is 0 Å². The molecule has 1 rings (SSSR count). The van der Waals surface area contributed by atoms with Crippen LogP contribution >= 0.6 is 0 Å². The van der Waals surface area contributed by atoms with Crippen LogP contribution in [0.15, 0.2) is 18.3 Å². The Morgan fingerprint density at radius 1 is 1.54 bits per heavy atom. The highest BCUT2D eigenvalue weighted by Gasteiger charge is 2.02. The van der Waals surface area contributed by atoms with Crippen molar-refractivity contribution in [2.24, 2.45) is 5.92 Å². The lowest BCUT2D eigenvalue weighted by Gasteiger charge is -2.09. The highest BCUT2D eigenvalue weighted by Crippen LogP contribution is 2.13. The largest absolute Gasteiger partial charge is 0.384 e. The second-order valence-electron chi connectivity index (χ2n) is 3.69. The molecule has 0 aliphatic heterocycles. The van der Waals surface area contributed by atoms with Gasteiger partial charge in [0.2, 0.25) is 0 Å². The molecule has 0 bridgehead atoms. The zero-order valence-corrected chi connectivity index (χ0v) is 8.46. The standard InChI is InChI=1S/C11H18N2/c1-3-4-9(2)7-10-5-6-13-11(12)8-10/h5-6,8-9H,3-4,7H2,1-2H3,(H2,12,13). The Bertz CT molecular complexity index is 258. The van der Waals surface area contributed by atoms with Crippen LogP contribution in [0.1, 0.15) is 32.3 Å². The minimum Gasteiger partial charge on any atom is -0.384 e. The maximum Gasteiger partial charge on any atom is 0.123 e. The van der Waals surface area contributed by atoms with Crippen molar-refractivity contribution >= 4 is 5.82 Å². The molecule has 2 N–H and O–H groups in total. The first-order valence-corrected chi connectivity index (χ1v) is 4.92. The first-order chi connectivity index (χ1) is 6.22. The Labute approximate surface area is 80.2 Å². The monoisotopic (exact) mass is 178 g/mol. The summed E-state index contributed by atoms with van der Waals surface area (Å²) in [6.07, 6.45) is 5.42. The molecule has 0 fully saturated rings. The van der Waals surface area contributed by atoms with Gasteiger partial charge < -0.3 is 5.73 Å². The number of hydrogen-bond donors (Lipinski definition) is 1. The predicted octanol–water partition coefficient (Wildman–Crippen LogP) is 2.64. The highest BCUT2D eigenvalue weighted by molar-refractivity contribution is 5.31. The van der Waals surface area contributed by atoms with Gasteiger partial charge in [-0.3, -0.25) is 0 Å². The van der Waals surface area contributed by atoms with Crippen LogP contribution < -0.4 is 5.73 Å². The molecule has 72 valence electrons. The molecule has 0 aromatic carbocycles. The number of nitrogen functional groups attached to an aromatic ring is 1. The van der Waals surface area contributed by atoms with E-state index in [0.29, 0.717) is 5.82 Å². The summed E-state index contributed by atoms with van der Waals surface area (Å²) in [5.41, 5.74) is 6.90. The van der Waals surface area contributed by atoms with E-state index in [1.807, 2.05) is 12.1 Å². The summed E-state index contributed by atoms with van der Waals surface area (Å²) in [7, 11) is 0. The van der Waals surface area contributed by atoms with E-state index in [4.69, 9.17) is 5.73 Å². The van der Waals surface area contributed by atoms with Crippen LogP contribution in [-0.2, 0) is 6.42 Å². The molecule has 0 saturated carbocycles. The Hall–Kier alpha value is -1.05. The van der Waals surface area contributed by atoms with Crippen molar-refractivity contribution in [2.75, 3.05) is 5.73 Å². The van der Waals surface area contributed by atoms with Crippen molar-refractivity contribution in [1.29, 1.82) is 0 Å². The van der Waals surface area contributed by atoms with E-state index in [1.165, 1.54) is 18.4 Å². The molecule has 13 heavy (non-hydrogen) atoms. The topological polar surface area (TPSA) is 38.9 Å². The minimum atomic E-state index is 0.626. The van der Waals surface area contributed by atoms with E-state index in [1.54, 1.807) is 6.20 Å². The van der Waals surface area contributed by atoms with Gasteiger partial charge in [-0.15, -0.1) is 0 Å². The van der Waals surface area contributed by atoms with Crippen molar-refractivity contribution in [1.82, 2.24) is 4.98 Å². The van der Waals surface area contributed by atoms with Gasteiger partial charge in [-0.25, -0.2) is 4.98 Å². The van der Waals surface area contributed by atoms with E-state index < -0.39 is 0 Å². The third-order valence-corrected chi connectivity index (χ3v) is 2.21. The fourth-order valence-corrected chi connectivity index (χ4v) is 1.62. The number of pyridine rings is 1. The molecule has 1 atom stereocenters. The van der Waals surface area contributed by atoms with E-state index >= 15 is 0 Å². The Morgan fingerprint density at radius 2 is 2.31 bits per heavy atom. The van der Waals surface area contributed by atoms with Crippen LogP contribution in [-0.4, -0.2) is 4.98 Å². The predicted molar refractivity (Wildman–Crippen MR) is 56.4 cm³/mol. The van der Waals surface area contributed by atoms with Crippen molar-refractivity contribution < 1.29 is 0 Å². The van der Waals surface area contributed by atoms with Crippen LogP contribution in [0.4, 0.5) is 5.82 Å². The van der Waals surface area contributed by atoms with E-state index in [9.17, 15) is 0 Å². The van der Waals surface area contributed by atoms with Crippen LogP contribution in [0.25, 0.3) is 0 Å². The summed E-state index contributed by atoms with van der Waals surface area (Å²) in [5, 5.41) is 0. The molecule has 1 heterocycles. The molecule has 0 spiro atoms. The number of rotatable bonds is 4. The van der Waals surface area contributed by atoms with Crippen molar-refractivity contribution in [3.05, 3.63) is 23.9 Å². The first-order valence-electron chi connectivity index (χ1n) is 4.92. The lowest BCUT2D eigenvalue weighted by Crippen LogP contribution is -2.00. The fourth-order valence-electron chi connectivity index (χ4n) is 1.62. The average molecular weight is 178 g/mol. The fraction of sp³-hybridized carbons (Fsp3) is 0.545. The molecule has 0 radical (unpaired) electrons. The highest BCUT2D eigenvalue weighted by atomic mass is 14.8. The third kappa shape index (κ3) is 3.45. The summed E-state index contributed by atoms with van der Waals surface area (Å²) in [4.78, 5) is 3.97. The zero-order chi connectivity index (χ0) is 9.68. The number of aromatic nitrogens is 1. The van der Waals surface area contributed by atoms with Gasteiger partial charge in [-0.1, -0.05) is 26.7 Å². The quantitative estimate of drug-likeness (QED) is 0.769. The Kier molecular flexibility index (Phi) is 3.74. The van der Waals surface area contributed by atoms with Gasteiger partial charge in [0.05, 0.1) is 0 Å². The first kappa shape index (κ1) is 10.0. The zero-order valence-electron chi connectivity index (χ0n) is 8.46. The van der Waals surface area contributed by atoms with Gasteiger partial charge in [-0.2, -0.15) is 0 Å². The van der Waals surface area contributed by atoms with E-state index in [2.05, 4.69) is 18.8 Å². The molecule has 2 heteroatoms. The minimum absolute atomic E-state index is 0.626. The molecule has 1 aromatic rings. The van der Waals surface area contributed by atoms with Gasteiger partial charge in [0.1, 0.15) is 5.82 Å². The molecule has 0 aliphatic carbocycles. The smallest absolute Gasteiger partial charge is 0.123 e. The van der Waals surface area contributed by atoms with Crippen LogP contribution in [0.2, 0.25) is 0 Å². The molecule has 0 aliphatic rings. The average Bonchev–Trinajstić information content (AvgIpc) is 2.04. The maximum atomic E-state index is 5.60. The number of hydrogen-bond acceptors (Lipinski definition) is 2. The van der Waals surface area contributed by atoms with Gasteiger partial charge in [-0.05, 0) is 30.0 Å². The summed E-state index contributed by atoms with van der Waals surface area (Å²) >= 11 is 0. The van der Waals surface area contributed by atoms with E-state index in [0.717, 1.165) is 12.3 Å². The molecule has 1 aromatic heterocycles. The summed E-state index contributed by atoms with van der Waals surface area (Å²) in [5.74, 6) is 1.37. The maximum absolute atomic E-state index is 5.60. The molecule has 0 amide bonds. The molecule has 0 saturated heterocycles. The number of nitrogens with two attached hydrogens (primary N) is 1. The number of anilines is 1. The SMILES string of the molecule is CCCC(C)Cc1ccnc(N)c1. The number of nitrogens with zero attached hydrogens (tertiary/aromatic N) is 1. The van der Waals surface area contributed by atoms with Crippen LogP contribution in [0.5, 0.6) is 0 Å². The second kappa shape index (κ2) is 4.85. The molecular weight excluding hydrogens is 160 g/mol. The van der Waals surface area contributed by atoms with Crippen LogP contribution in [0, 0.1) is 5.92 Å². The molecule has 1 unspecified atom stereocenters. The summed E-state index contributed by atoms with van der Waals surface area (Å²) < 4.78 is 0. The molecular formula is C11H18N2. The van der Waals surface area contributed by atoms with Gasteiger partial charge in [0, 0.05) is 6.20 Å². The second-order valence-corrected chi connectivity index (χ2v) is 3.69. The lowest BCUT2D eigenvalue weighted by molar-refractivity contribution is 0.522. The van der Waals surface area contributed by atoms with Gasteiger partial charge >= 0.3 is 0 Å². The Balaban J connectivity index is 2.53. The van der Waals surface area contributed by atoms with E-state index in [-0.39, 0.29) is 0 Å². The summed E-state index contributed by atoms with van der Waals surface area (Å²) in [6, 6.07) is 4.01. The van der Waals surface area contributed by atoms with Crippen molar-refractivity contribution in [3.63, 3.8) is 0 Å².